The van der Waals surface area contributed by atoms with E-state index < -0.39 is 0 Å². The number of H-pyrrole nitrogens is 1. The van der Waals surface area contributed by atoms with Gasteiger partial charge in [-0.3, -0.25) is 10.2 Å². The SMILES string of the molecule is CCC1NN=C(c2[nH]c(C)c(C(=O)c3cccc(OC)c3)c2C)O1. The van der Waals surface area contributed by atoms with Gasteiger partial charge in [0.25, 0.3) is 5.90 Å². The van der Waals surface area contributed by atoms with Crippen LogP contribution in [0.2, 0.25) is 0 Å². The van der Waals surface area contributed by atoms with Crippen LogP contribution < -0.4 is 10.2 Å². The number of carbonyl (C=O) groups is 1. The average molecular weight is 327 g/mol. The van der Waals surface area contributed by atoms with Crippen LogP contribution in [-0.4, -0.2) is 30.0 Å². The van der Waals surface area contributed by atoms with Gasteiger partial charge >= 0.3 is 0 Å². The van der Waals surface area contributed by atoms with E-state index in [1.54, 1.807) is 19.2 Å². The van der Waals surface area contributed by atoms with Crippen LogP contribution >= 0.6 is 0 Å². The molecule has 1 aromatic heterocycles. The van der Waals surface area contributed by atoms with Gasteiger partial charge in [-0.1, -0.05) is 19.1 Å². The highest BCUT2D eigenvalue weighted by Gasteiger charge is 2.26. The van der Waals surface area contributed by atoms with Crippen molar-refractivity contribution in [2.75, 3.05) is 7.11 Å². The Morgan fingerprint density at radius 2 is 2.17 bits per heavy atom. The predicted octanol–water partition coefficient (Wildman–Crippen LogP) is 2.89. The normalized spacial score (nSPS) is 16.3. The Bertz CT molecular complexity index is 808. The average Bonchev–Trinajstić information content (AvgIpc) is 3.18. The summed E-state index contributed by atoms with van der Waals surface area (Å²) in [7, 11) is 1.58. The first-order valence-corrected chi connectivity index (χ1v) is 7.93. The minimum Gasteiger partial charge on any atom is -0.497 e. The number of hydrazone groups is 1. The van der Waals surface area contributed by atoms with E-state index in [1.807, 2.05) is 32.9 Å². The molecule has 1 atom stereocenters. The van der Waals surface area contributed by atoms with E-state index in [0.717, 1.165) is 23.4 Å². The fraction of sp³-hybridized carbons (Fsp3) is 0.333. The number of benzene rings is 1. The number of hydrogen-bond acceptors (Lipinski definition) is 5. The highest BCUT2D eigenvalue weighted by Crippen LogP contribution is 2.25. The van der Waals surface area contributed by atoms with Crippen LogP contribution in [0.5, 0.6) is 5.75 Å². The van der Waals surface area contributed by atoms with E-state index in [0.29, 0.717) is 22.8 Å². The van der Waals surface area contributed by atoms with Gasteiger partial charge in [0.2, 0.25) is 0 Å². The van der Waals surface area contributed by atoms with Gasteiger partial charge in [0.05, 0.1) is 7.11 Å². The smallest absolute Gasteiger partial charge is 0.256 e. The first-order valence-electron chi connectivity index (χ1n) is 7.93. The molecule has 6 heteroatoms. The van der Waals surface area contributed by atoms with Crippen molar-refractivity contribution < 1.29 is 14.3 Å². The zero-order valence-electron chi connectivity index (χ0n) is 14.3. The van der Waals surface area contributed by atoms with Gasteiger partial charge in [0.1, 0.15) is 11.4 Å². The van der Waals surface area contributed by atoms with Gasteiger partial charge in [-0.05, 0) is 31.5 Å². The molecule has 1 aliphatic heterocycles. The molecule has 6 nitrogen and oxygen atoms in total. The first-order chi connectivity index (χ1) is 11.5. The number of nitrogens with zero attached hydrogens (tertiary/aromatic N) is 1. The zero-order chi connectivity index (χ0) is 17.3. The molecule has 1 aliphatic rings. The number of nitrogens with one attached hydrogen (secondary N) is 2. The summed E-state index contributed by atoms with van der Waals surface area (Å²) in [6.45, 7) is 5.79. The van der Waals surface area contributed by atoms with E-state index in [2.05, 4.69) is 15.5 Å². The third-order valence-electron chi connectivity index (χ3n) is 4.15. The van der Waals surface area contributed by atoms with E-state index in [-0.39, 0.29) is 12.0 Å². The van der Waals surface area contributed by atoms with Crippen molar-refractivity contribution in [3.63, 3.8) is 0 Å². The minimum atomic E-state index is -0.124. The molecule has 3 rings (SSSR count). The van der Waals surface area contributed by atoms with E-state index in [9.17, 15) is 4.79 Å². The molecule has 0 amide bonds. The second-order valence-electron chi connectivity index (χ2n) is 5.75. The van der Waals surface area contributed by atoms with E-state index in [4.69, 9.17) is 9.47 Å². The Kier molecular flexibility index (Phi) is 4.29. The molecule has 0 radical (unpaired) electrons. The fourth-order valence-corrected chi connectivity index (χ4v) is 2.82. The van der Waals surface area contributed by atoms with Crippen molar-refractivity contribution in [1.82, 2.24) is 10.4 Å². The fourth-order valence-electron chi connectivity index (χ4n) is 2.82. The summed E-state index contributed by atoms with van der Waals surface area (Å²) in [5.74, 6) is 1.10. The molecule has 0 fully saturated rings. The molecule has 1 aromatic carbocycles. The Morgan fingerprint density at radius 3 is 2.83 bits per heavy atom. The van der Waals surface area contributed by atoms with E-state index >= 15 is 0 Å². The predicted molar refractivity (Wildman–Crippen MR) is 91.5 cm³/mol. The molecule has 0 saturated carbocycles. The Labute approximate surface area is 140 Å². The van der Waals surface area contributed by atoms with Crippen molar-refractivity contribution in [1.29, 1.82) is 0 Å². The number of methoxy groups -OCH3 is 1. The van der Waals surface area contributed by atoms with Crippen LogP contribution in [-0.2, 0) is 4.74 Å². The summed E-state index contributed by atoms with van der Waals surface area (Å²) in [4.78, 5) is 16.2. The Morgan fingerprint density at radius 1 is 1.38 bits per heavy atom. The number of aryl methyl sites for hydroxylation is 1. The lowest BCUT2D eigenvalue weighted by atomic mass is 9.99. The topological polar surface area (TPSA) is 75.7 Å². The highest BCUT2D eigenvalue weighted by atomic mass is 16.5. The molecule has 1 unspecified atom stereocenters. The largest absolute Gasteiger partial charge is 0.497 e. The van der Waals surface area contributed by atoms with Crippen LogP contribution in [0.3, 0.4) is 0 Å². The maximum Gasteiger partial charge on any atom is 0.256 e. The molecular formula is C18H21N3O3. The van der Waals surface area contributed by atoms with Crippen molar-refractivity contribution >= 4 is 11.7 Å². The van der Waals surface area contributed by atoms with Crippen LogP contribution in [0.25, 0.3) is 0 Å². The summed E-state index contributed by atoms with van der Waals surface area (Å²) >= 11 is 0. The number of ether oxygens (including phenoxy) is 2. The molecule has 0 saturated heterocycles. The lowest BCUT2D eigenvalue weighted by Crippen LogP contribution is -2.20. The molecule has 0 spiro atoms. The van der Waals surface area contributed by atoms with Crippen molar-refractivity contribution in [2.45, 2.75) is 33.4 Å². The van der Waals surface area contributed by atoms with Gasteiger partial charge in [-0.25, -0.2) is 0 Å². The van der Waals surface area contributed by atoms with Gasteiger partial charge in [0.15, 0.2) is 12.0 Å². The number of ketones is 1. The molecule has 2 N–H and O–H groups in total. The number of hydrogen-bond donors (Lipinski definition) is 2. The molecule has 2 aromatic rings. The monoisotopic (exact) mass is 327 g/mol. The standard InChI is InChI=1S/C18H21N3O3/c1-5-14-20-21-18(24-14)16-10(2)15(11(3)19-16)17(22)12-7-6-8-13(9-12)23-4/h6-9,14,19-20H,5H2,1-4H3. The lowest BCUT2D eigenvalue weighted by Gasteiger charge is -2.07. The van der Waals surface area contributed by atoms with Crippen molar-refractivity contribution in [2.24, 2.45) is 5.10 Å². The molecule has 126 valence electrons. The summed E-state index contributed by atoms with van der Waals surface area (Å²) in [6.07, 6.45) is 0.682. The Hall–Kier alpha value is -2.76. The van der Waals surface area contributed by atoms with Gasteiger partial charge in [0, 0.05) is 23.2 Å². The van der Waals surface area contributed by atoms with Crippen molar-refractivity contribution in [3.05, 3.63) is 52.3 Å². The number of carbonyl (C=O) groups excluding carboxylic acids is 1. The minimum absolute atomic E-state index is 0.0509. The molecule has 2 heterocycles. The molecule has 24 heavy (non-hydrogen) atoms. The second kappa shape index (κ2) is 6.39. The molecule has 0 bridgehead atoms. The van der Waals surface area contributed by atoms with Crippen LogP contribution in [0, 0.1) is 13.8 Å². The van der Waals surface area contributed by atoms with Gasteiger partial charge < -0.3 is 14.5 Å². The quantitative estimate of drug-likeness (QED) is 0.828. The highest BCUT2D eigenvalue weighted by molar-refractivity contribution is 6.12. The maximum absolute atomic E-state index is 12.9. The zero-order valence-corrected chi connectivity index (χ0v) is 14.3. The third kappa shape index (κ3) is 2.75. The van der Waals surface area contributed by atoms with Gasteiger partial charge in [-0.2, -0.15) is 0 Å². The number of aromatic amines is 1. The summed E-state index contributed by atoms with van der Waals surface area (Å²) in [6, 6.07) is 7.15. The molecular weight excluding hydrogens is 306 g/mol. The number of aromatic nitrogens is 1. The number of rotatable bonds is 5. The summed E-state index contributed by atoms with van der Waals surface area (Å²) in [5, 5.41) is 4.21. The van der Waals surface area contributed by atoms with Crippen molar-refractivity contribution in [3.8, 4) is 5.75 Å². The first kappa shape index (κ1) is 16.1. The maximum atomic E-state index is 12.9. The van der Waals surface area contributed by atoms with Crippen LogP contribution in [0.1, 0.15) is 46.2 Å². The second-order valence-corrected chi connectivity index (χ2v) is 5.75. The summed E-state index contributed by atoms with van der Waals surface area (Å²) in [5.41, 5.74) is 6.52. The third-order valence-corrected chi connectivity index (χ3v) is 4.15. The van der Waals surface area contributed by atoms with Crippen LogP contribution in [0.15, 0.2) is 29.4 Å². The van der Waals surface area contributed by atoms with E-state index in [1.165, 1.54) is 0 Å². The summed E-state index contributed by atoms with van der Waals surface area (Å²) < 4.78 is 10.9. The van der Waals surface area contributed by atoms with Crippen LogP contribution in [0.4, 0.5) is 0 Å². The Balaban J connectivity index is 1.96. The molecule has 0 aliphatic carbocycles. The van der Waals surface area contributed by atoms with Gasteiger partial charge in [-0.15, -0.1) is 5.10 Å². The lowest BCUT2D eigenvalue weighted by molar-refractivity contribution is 0.103.